The maximum Gasteiger partial charge on any atom is 0.191 e. The van der Waals surface area contributed by atoms with Gasteiger partial charge in [-0.3, -0.25) is 4.68 Å². The molecule has 0 aliphatic carbocycles. The lowest BCUT2D eigenvalue weighted by atomic mass is 10.2. The predicted octanol–water partition coefficient (Wildman–Crippen LogP) is 3.42. The van der Waals surface area contributed by atoms with E-state index in [-0.39, 0.29) is 24.0 Å². The molecule has 0 fully saturated rings. The van der Waals surface area contributed by atoms with E-state index in [2.05, 4.69) is 40.3 Å². The van der Waals surface area contributed by atoms with Gasteiger partial charge in [0.25, 0.3) is 0 Å². The Labute approximate surface area is 190 Å². The molecule has 1 aromatic carbocycles. The first kappa shape index (κ1) is 23.3. The molecule has 29 heavy (non-hydrogen) atoms. The number of rotatable bonds is 7. The molecule has 2 N–H and O–H groups in total. The van der Waals surface area contributed by atoms with Gasteiger partial charge in [-0.2, -0.15) is 5.10 Å². The van der Waals surface area contributed by atoms with E-state index in [4.69, 9.17) is 14.5 Å². The molecule has 0 amide bonds. The Hall–Kier alpha value is -1.97. The smallest absolute Gasteiger partial charge is 0.191 e. The first-order chi connectivity index (χ1) is 13.7. The fraction of sp³-hybridized carbons (Fsp3) is 0.524. The van der Waals surface area contributed by atoms with Gasteiger partial charge in [-0.25, -0.2) is 4.99 Å². The number of guanidine groups is 1. The van der Waals surface area contributed by atoms with E-state index in [0.717, 1.165) is 61.2 Å². The van der Waals surface area contributed by atoms with Crippen molar-refractivity contribution in [2.24, 2.45) is 4.99 Å². The fourth-order valence-electron chi connectivity index (χ4n) is 3.16. The van der Waals surface area contributed by atoms with Crippen LogP contribution >= 0.6 is 24.0 Å². The Morgan fingerprint density at radius 3 is 2.66 bits per heavy atom. The summed E-state index contributed by atoms with van der Waals surface area (Å²) in [7, 11) is 0. The Morgan fingerprint density at radius 2 is 1.93 bits per heavy atom. The van der Waals surface area contributed by atoms with Gasteiger partial charge in [0, 0.05) is 31.7 Å². The monoisotopic (exact) mass is 513 g/mol. The summed E-state index contributed by atoms with van der Waals surface area (Å²) in [6.45, 7) is 10.7. The second-order valence-electron chi connectivity index (χ2n) is 6.96. The molecular formula is C21H32IN5O2. The van der Waals surface area contributed by atoms with Crippen LogP contribution in [0.3, 0.4) is 0 Å². The number of aryl methyl sites for hydroxylation is 3. The van der Waals surface area contributed by atoms with Gasteiger partial charge >= 0.3 is 0 Å². The van der Waals surface area contributed by atoms with E-state index in [1.54, 1.807) is 0 Å². The van der Waals surface area contributed by atoms with Crippen molar-refractivity contribution >= 4 is 29.9 Å². The third-order valence-electron chi connectivity index (χ3n) is 4.52. The second-order valence-corrected chi connectivity index (χ2v) is 6.96. The maximum atomic E-state index is 5.76. The molecule has 1 aliphatic heterocycles. The number of nitrogens with one attached hydrogen (secondary N) is 2. The Morgan fingerprint density at radius 1 is 1.14 bits per heavy atom. The molecular weight excluding hydrogens is 481 g/mol. The maximum absolute atomic E-state index is 5.76. The molecule has 0 spiro atoms. The number of aromatic nitrogens is 2. The third kappa shape index (κ3) is 7.09. The van der Waals surface area contributed by atoms with Gasteiger partial charge in [-0.1, -0.05) is 6.07 Å². The molecule has 2 heterocycles. The highest BCUT2D eigenvalue weighted by Gasteiger charge is 2.10. The lowest BCUT2D eigenvalue weighted by Crippen LogP contribution is -2.38. The van der Waals surface area contributed by atoms with Gasteiger partial charge in [-0.15, -0.1) is 24.0 Å². The summed E-state index contributed by atoms with van der Waals surface area (Å²) in [5.74, 6) is 2.45. The molecule has 8 heteroatoms. The summed E-state index contributed by atoms with van der Waals surface area (Å²) >= 11 is 0. The van der Waals surface area contributed by atoms with E-state index < -0.39 is 0 Å². The topological polar surface area (TPSA) is 72.7 Å². The molecule has 0 radical (unpaired) electrons. The van der Waals surface area contributed by atoms with Gasteiger partial charge < -0.3 is 20.1 Å². The van der Waals surface area contributed by atoms with Crippen LogP contribution in [0.1, 0.15) is 36.7 Å². The Kier molecular flexibility index (Phi) is 9.56. The zero-order valence-electron chi connectivity index (χ0n) is 17.5. The highest BCUT2D eigenvalue weighted by Crippen LogP contribution is 2.30. The van der Waals surface area contributed by atoms with E-state index in [9.17, 15) is 0 Å². The van der Waals surface area contributed by atoms with Crippen molar-refractivity contribution < 1.29 is 9.47 Å². The number of hydrogen-bond donors (Lipinski definition) is 2. The molecule has 0 unspecified atom stereocenters. The van der Waals surface area contributed by atoms with E-state index >= 15 is 0 Å². The molecule has 3 rings (SSSR count). The van der Waals surface area contributed by atoms with Crippen molar-refractivity contribution in [1.29, 1.82) is 0 Å². The normalized spacial score (nSPS) is 13.4. The predicted molar refractivity (Wildman–Crippen MR) is 127 cm³/mol. The summed E-state index contributed by atoms with van der Waals surface area (Å²) in [5, 5.41) is 11.2. The SMILES string of the molecule is CCNC(=NCc1ccc2c(c1)OCCCO2)NCCCn1nc(C)cc1C.I. The summed E-state index contributed by atoms with van der Waals surface area (Å²) in [4.78, 5) is 4.70. The van der Waals surface area contributed by atoms with E-state index in [1.165, 1.54) is 5.69 Å². The largest absolute Gasteiger partial charge is 0.490 e. The second kappa shape index (κ2) is 11.9. The zero-order valence-corrected chi connectivity index (χ0v) is 19.9. The minimum atomic E-state index is 0. The number of fused-ring (bicyclic) bond motifs is 1. The van der Waals surface area contributed by atoms with Crippen LogP contribution in [0.25, 0.3) is 0 Å². The number of halogens is 1. The quantitative estimate of drug-likeness (QED) is 0.257. The van der Waals surface area contributed by atoms with Gasteiger partial charge in [-0.05, 0) is 51.0 Å². The number of benzene rings is 1. The van der Waals surface area contributed by atoms with Gasteiger partial charge in [0.1, 0.15) is 0 Å². The minimum Gasteiger partial charge on any atom is -0.490 e. The Bertz CT molecular complexity index is 806. The van der Waals surface area contributed by atoms with Crippen LogP contribution in [-0.2, 0) is 13.1 Å². The minimum absolute atomic E-state index is 0. The van der Waals surface area contributed by atoms with Gasteiger partial charge in [0.2, 0.25) is 0 Å². The molecule has 0 saturated carbocycles. The molecule has 0 saturated heterocycles. The average Bonchev–Trinajstić information content (AvgIpc) is 2.87. The van der Waals surface area contributed by atoms with Crippen molar-refractivity contribution in [3.63, 3.8) is 0 Å². The van der Waals surface area contributed by atoms with Gasteiger partial charge in [0.15, 0.2) is 17.5 Å². The summed E-state index contributed by atoms with van der Waals surface area (Å²) in [6, 6.07) is 8.15. The van der Waals surface area contributed by atoms with Crippen molar-refractivity contribution in [2.75, 3.05) is 26.3 Å². The molecule has 2 aromatic rings. The molecule has 1 aliphatic rings. The first-order valence-corrected chi connectivity index (χ1v) is 10.1. The van der Waals surface area contributed by atoms with E-state index in [1.807, 2.05) is 25.1 Å². The van der Waals surface area contributed by atoms with Crippen LogP contribution < -0.4 is 20.1 Å². The number of aliphatic imine (C=N–C) groups is 1. The number of hydrogen-bond acceptors (Lipinski definition) is 4. The molecule has 0 atom stereocenters. The zero-order chi connectivity index (χ0) is 19.8. The van der Waals surface area contributed by atoms with Crippen molar-refractivity contribution in [2.45, 2.75) is 46.7 Å². The number of nitrogens with zero attached hydrogens (tertiary/aromatic N) is 3. The number of ether oxygens (including phenoxy) is 2. The van der Waals surface area contributed by atoms with Crippen LogP contribution in [0.5, 0.6) is 11.5 Å². The van der Waals surface area contributed by atoms with Crippen molar-refractivity contribution in [1.82, 2.24) is 20.4 Å². The average molecular weight is 513 g/mol. The summed E-state index contributed by atoms with van der Waals surface area (Å²) in [5.41, 5.74) is 3.37. The summed E-state index contributed by atoms with van der Waals surface area (Å²) < 4.78 is 13.5. The van der Waals surface area contributed by atoms with Crippen molar-refractivity contribution in [3.8, 4) is 11.5 Å². The molecule has 0 bridgehead atoms. The standard InChI is InChI=1S/C21H31N5O2.HI/c1-4-22-21(23-9-5-10-26-17(3)13-16(2)25-26)24-15-18-7-8-19-20(14-18)28-12-6-11-27-19;/h7-8,13-14H,4-6,9-12,15H2,1-3H3,(H2,22,23,24);1H. The first-order valence-electron chi connectivity index (χ1n) is 10.1. The molecule has 160 valence electrons. The lowest BCUT2D eigenvalue weighted by molar-refractivity contribution is 0.297. The van der Waals surface area contributed by atoms with Crippen LogP contribution in [0.15, 0.2) is 29.3 Å². The fourth-order valence-corrected chi connectivity index (χ4v) is 3.16. The van der Waals surface area contributed by atoms with Crippen LogP contribution in [0.2, 0.25) is 0 Å². The third-order valence-corrected chi connectivity index (χ3v) is 4.52. The molecule has 1 aromatic heterocycles. The molecule has 7 nitrogen and oxygen atoms in total. The van der Waals surface area contributed by atoms with E-state index in [0.29, 0.717) is 19.8 Å². The van der Waals surface area contributed by atoms with Gasteiger partial charge in [0.05, 0.1) is 25.5 Å². The highest BCUT2D eigenvalue weighted by atomic mass is 127. The lowest BCUT2D eigenvalue weighted by Gasteiger charge is -2.12. The van der Waals surface area contributed by atoms with Crippen LogP contribution in [0.4, 0.5) is 0 Å². The van der Waals surface area contributed by atoms with Crippen LogP contribution in [0, 0.1) is 13.8 Å². The van der Waals surface area contributed by atoms with Crippen LogP contribution in [-0.4, -0.2) is 42.0 Å². The highest BCUT2D eigenvalue weighted by molar-refractivity contribution is 14.0. The Balaban J connectivity index is 0.00000300. The van der Waals surface area contributed by atoms with Crippen molar-refractivity contribution in [3.05, 3.63) is 41.2 Å². The summed E-state index contributed by atoms with van der Waals surface area (Å²) in [6.07, 6.45) is 1.89.